The SMILES string of the molecule is CC[C@H](C)[C@H](NC(=O)[C@@H](N)CCC(=O)O)C(=O)N[C@@H](Cc1cccs1)C(=O)N[C@@H](CC(C)C)[C@H](O)CNc1ccc(CC(C)C)cc1. The molecule has 2 aromatic rings. The van der Waals surface area contributed by atoms with Crippen molar-refractivity contribution in [2.75, 3.05) is 11.9 Å². The summed E-state index contributed by atoms with van der Waals surface area (Å²) < 4.78 is 0. The quantitative estimate of drug-likeness (QED) is 0.105. The molecule has 12 heteroatoms. The van der Waals surface area contributed by atoms with E-state index >= 15 is 0 Å². The normalized spacial score (nSPS) is 15.3. The first-order chi connectivity index (χ1) is 22.2. The Hall–Kier alpha value is -3.48. The number of aliphatic hydroxyl groups is 1. The third-order valence-electron chi connectivity index (χ3n) is 8.05. The number of carbonyl (C=O) groups is 4. The summed E-state index contributed by atoms with van der Waals surface area (Å²) in [5.41, 5.74) is 8.02. The summed E-state index contributed by atoms with van der Waals surface area (Å²) in [4.78, 5) is 52.1. The van der Waals surface area contributed by atoms with Crippen LogP contribution in [-0.2, 0) is 32.0 Å². The number of aliphatic hydroxyl groups excluding tert-OH is 1. The Morgan fingerprint density at radius 3 is 2.11 bits per heavy atom. The number of benzene rings is 1. The van der Waals surface area contributed by atoms with Crippen LogP contribution in [0.15, 0.2) is 41.8 Å². The summed E-state index contributed by atoms with van der Waals surface area (Å²) in [6.45, 7) is 12.3. The number of carboxylic acids is 1. The molecule has 0 radical (unpaired) electrons. The van der Waals surface area contributed by atoms with Crippen LogP contribution in [0.5, 0.6) is 0 Å². The van der Waals surface area contributed by atoms with E-state index in [9.17, 15) is 24.3 Å². The van der Waals surface area contributed by atoms with Crippen LogP contribution in [0.4, 0.5) is 5.69 Å². The van der Waals surface area contributed by atoms with Gasteiger partial charge in [0, 0.05) is 30.0 Å². The van der Waals surface area contributed by atoms with E-state index in [0.29, 0.717) is 18.8 Å². The maximum absolute atomic E-state index is 13.8. The van der Waals surface area contributed by atoms with Gasteiger partial charge in [0.2, 0.25) is 17.7 Å². The third kappa shape index (κ3) is 14.4. The summed E-state index contributed by atoms with van der Waals surface area (Å²) in [5, 5.41) is 33.9. The molecule has 0 bridgehead atoms. The van der Waals surface area contributed by atoms with Gasteiger partial charge in [-0.25, -0.2) is 0 Å². The Kier molecular flexibility index (Phi) is 16.9. The maximum Gasteiger partial charge on any atom is 0.303 e. The van der Waals surface area contributed by atoms with E-state index in [0.717, 1.165) is 17.0 Å². The Morgan fingerprint density at radius 2 is 1.55 bits per heavy atom. The van der Waals surface area contributed by atoms with Crippen LogP contribution in [0, 0.1) is 17.8 Å². The van der Waals surface area contributed by atoms with E-state index in [1.807, 2.05) is 57.3 Å². The number of nitrogens with two attached hydrogens (primary N) is 1. The molecule has 47 heavy (non-hydrogen) atoms. The molecule has 6 atom stereocenters. The molecule has 0 unspecified atom stereocenters. The van der Waals surface area contributed by atoms with Gasteiger partial charge in [-0.15, -0.1) is 11.3 Å². The monoisotopic (exact) mass is 673 g/mol. The lowest BCUT2D eigenvalue weighted by Gasteiger charge is -2.30. The first kappa shape index (κ1) is 39.7. The highest BCUT2D eigenvalue weighted by Crippen LogP contribution is 2.17. The fourth-order valence-electron chi connectivity index (χ4n) is 5.17. The van der Waals surface area contributed by atoms with E-state index in [2.05, 4.69) is 47.2 Å². The standard InChI is InChI=1S/C35H55N5O6S/c1-7-23(6)32(40-33(44)27(36)14-15-31(42)43)35(46)39-29(19-26-9-8-16-47-26)34(45)38-28(18-22(4)5)30(41)20-37-25-12-10-24(11-13-25)17-21(2)3/h8-13,16,21-23,27-30,32,37,41H,7,14-15,17-20,36H2,1-6H3,(H,38,45)(H,39,46)(H,40,44)(H,42,43)/t23-,27-,28-,29-,30+,32-/m0/s1. The molecular weight excluding hydrogens is 618 g/mol. The second-order valence-electron chi connectivity index (χ2n) is 13.2. The topological polar surface area (TPSA) is 183 Å². The summed E-state index contributed by atoms with van der Waals surface area (Å²) in [6, 6.07) is 8.20. The van der Waals surface area contributed by atoms with Crippen molar-refractivity contribution in [1.29, 1.82) is 0 Å². The Bertz CT molecular complexity index is 1250. The van der Waals surface area contributed by atoms with Crippen molar-refractivity contribution in [1.82, 2.24) is 16.0 Å². The molecule has 0 saturated heterocycles. The van der Waals surface area contributed by atoms with Gasteiger partial charge in [0.05, 0.1) is 18.2 Å². The fraction of sp³-hybridized carbons (Fsp3) is 0.600. The second-order valence-corrected chi connectivity index (χ2v) is 14.3. The van der Waals surface area contributed by atoms with Crippen molar-refractivity contribution >= 4 is 40.7 Å². The number of anilines is 1. The summed E-state index contributed by atoms with van der Waals surface area (Å²) in [6.07, 6.45) is 1.02. The van der Waals surface area contributed by atoms with Crippen molar-refractivity contribution < 1.29 is 29.4 Å². The largest absolute Gasteiger partial charge is 0.481 e. The van der Waals surface area contributed by atoms with Crippen LogP contribution >= 0.6 is 11.3 Å². The fourth-order valence-corrected chi connectivity index (χ4v) is 5.92. The van der Waals surface area contributed by atoms with Crippen LogP contribution in [0.3, 0.4) is 0 Å². The number of carboxylic acid groups (broad SMARTS) is 1. The van der Waals surface area contributed by atoms with E-state index in [4.69, 9.17) is 10.8 Å². The molecular formula is C35H55N5O6S. The van der Waals surface area contributed by atoms with Gasteiger partial charge >= 0.3 is 5.97 Å². The van der Waals surface area contributed by atoms with Gasteiger partial charge in [0.1, 0.15) is 12.1 Å². The highest BCUT2D eigenvalue weighted by atomic mass is 32.1. The predicted molar refractivity (Wildman–Crippen MR) is 187 cm³/mol. The summed E-state index contributed by atoms with van der Waals surface area (Å²) in [5.74, 6) is -2.26. The van der Waals surface area contributed by atoms with E-state index in [1.165, 1.54) is 16.9 Å². The molecule has 0 aliphatic carbocycles. The number of hydrogen-bond acceptors (Lipinski definition) is 8. The second kappa shape index (κ2) is 20.0. The van der Waals surface area contributed by atoms with E-state index in [-0.39, 0.29) is 37.6 Å². The predicted octanol–water partition coefficient (Wildman–Crippen LogP) is 3.70. The van der Waals surface area contributed by atoms with E-state index < -0.39 is 54.0 Å². The number of rotatable bonds is 21. The molecule has 1 aromatic carbocycles. The minimum Gasteiger partial charge on any atom is -0.481 e. The average Bonchev–Trinajstić information content (AvgIpc) is 3.53. The van der Waals surface area contributed by atoms with Gasteiger partial charge in [0.25, 0.3) is 0 Å². The number of carbonyl (C=O) groups excluding carboxylic acids is 3. The van der Waals surface area contributed by atoms with Crippen molar-refractivity contribution in [3.05, 3.63) is 52.2 Å². The van der Waals surface area contributed by atoms with Gasteiger partial charge < -0.3 is 37.2 Å². The average molecular weight is 674 g/mol. The van der Waals surface area contributed by atoms with Crippen molar-refractivity contribution in [2.45, 2.75) is 110 Å². The minimum atomic E-state index is -1.10. The third-order valence-corrected chi connectivity index (χ3v) is 8.95. The van der Waals surface area contributed by atoms with Crippen molar-refractivity contribution in [2.24, 2.45) is 23.5 Å². The molecule has 11 nitrogen and oxygen atoms in total. The van der Waals surface area contributed by atoms with Gasteiger partial charge in [-0.1, -0.05) is 66.2 Å². The first-order valence-corrected chi connectivity index (χ1v) is 17.5. The number of aliphatic carboxylic acids is 1. The summed E-state index contributed by atoms with van der Waals surface area (Å²) >= 11 is 1.46. The van der Waals surface area contributed by atoms with Gasteiger partial charge in [0.15, 0.2) is 0 Å². The zero-order valence-corrected chi connectivity index (χ0v) is 29.4. The molecule has 262 valence electrons. The molecule has 0 fully saturated rings. The van der Waals surface area contributed by atoms with Crippen LogP contribution in [0.1, 0.15) is 77.7 Å². The Morgan fingerprint density at radius 1 is 0.872 bits per heavy atom. The Labute approximate surface area is 283 Å². The van der Waals surface area contributed by atoms with Crippen molar-refractivity contribution in [3.63, 3.8) is 0 Å². The number of amides is 3. The lowest BCUT2D eigenvalue weighted by molar-refractivity contribution is -0.137. The lowest BCUT2D eigenvalue weighted by atomic mass is 9.96. The minimum absolute atomic E-state index is 0.0721. The van der Waals surface area contributed by atoms with Crippen LogP contribution in [0.2, 0.25) is 0 Å². The molecule has 3 amide bonds. The summed E-state index contributed by atoms with van der Waals surface area (Å²) in [7, 11) is 0. The van der Waals surface area contributed by atoms with E-state index in [1.54, 1.807) is 0 Å². The molecule has 8 N–H and O–H groups in total. The molecule has 1 heterocycles. The van der Waals surface area contributed by atoms with Crippen molar-refractivity contribution in [3.8, 4) is 0 Å². The lowest BCUT2D eigenvalue weighted by Crippen LogP contribution is -2.59. The highest BCUT2D eigenvalue weighted by molar-refractivity contribution is 7.09. The Balaban J connectivity index is 2.19. The van der Waals surface area contributed by atoms with Gasteiger partial charge in [-0.05, 0) is 66.2 Å². The van der Waals surface area contributed by atoms with Crippen LogP contribution in [-0.4, -0.2) is 70.7 Å². The number of nitrogens with one attached hydrogen (secondary N) is 4. The number of thiophene rings is 1. The van der Waals surface area contributed by atoms with Crippen LogP contribution < -0.4 is 27.0 Å². The highest BCUT2D eigenvalue weighted by Gasteiger charge is 2.33. The molecule has 2 rings (SSSR count). The number of hydrogen-bond donors (Lipinski definition) is 7. The maximum atomic E-state index is 13.8. The van der Waals surface area contributed by atoms with Gasteiger partial charge in [-0.2, -0.15) is 0 Å². The van der Waals surface area contributed by atoms with Crippen LogP contribution in [0.25, 0.3) is 0 Å². The molecule has 0 saturated carbocycles. The molecule has 1 aromatic heterocycles. The zero-order valence-electron chi connectivity index (χ0n) is 28.6. The molecule has 0 aliphatic heterocycles. The smallest absolute Gasteiger partial charge is 0.303 e. The zero-order chi connectivity index (χ0) is 35.1. The molecule has 0 aliphatic rings. The first-order valence-electron chi connectivity index (χ1n) is 16.6. The molecule has 0 spiro atoms. The van der Waals surface area contributed by atoms with Gasteiger partial charge in [-0.3, -0.25) is 19.2 Å².